The van der Waals surface area contributed by atoms with Gasteiger partial charge in [-0.25, -0.2) is 0 Å². The highest BCUT2D eigenvalue weighted by Gasteiger charge is 2.03. The molecule has 100 valence electrons. The van der Waals surface area contributed by atoms with Crippen LogP contribution >= 0.6 is 0 Å². The Bertz CT molecular complexity index is 631. The summed E-state index contributed by atoms with van der Waals surface area (Å²) in [6, 6.07) is 15.6. The molecule has 0 radical (unpaired) electrons. The van der Waals surface area contributed by atoms with Gasteiger partial charge in [0, 0.05) is 18.6 Å². The lowest BCUT2D eigenvalue weighted by Gasteiger charge is -1.97. The van der Waals surface area contributed by atoms with E-state index in [1.807, 2.05) is 30.3 Å². The van der Waals surface area contributed by atoms with Gasteiger partial charge in [0.25, 0.3) is 5.69 Å². The van der Waals surface area contributed by atoms with E-state index in [-0.39, 0.29) is 11.5 Å². The third kappa shape index (κ3) is 3.88. The minimum atomic E-state index is -0.450. The Kier molecular flexibility index (Phi) is 4.39. The van der Waals surface area contributed by atoms with E-state index in [9.17, 15) is 14.9 Å². The first kappa shape index (κ1) is 13.7. The molecule has 0 amide bonds. The average molecular weight is 267 g/mol. The van der Waals surface area contributed by atoms with Crippen LogP contribution < -0.4 is 0 Å². The number of rotatable bonds is 5. The Morgan fingerprint density at radius 2 is 1.70 bits per heavy atom. The van der Waals surface area contributed by atoms with Crippen molar-refractivity contribution in [2.75, 3.05) is 0 Å². The Hall–Kier alpha value is -2.75. The number of non-ortho nitro benzene ring substituents is 1. The molecule has 0 N–H and O–H groups in total. The normalized spacial score (nSPS) is 10.6. The molecular formula is C16H13NO3. The minimum Gasteiger partial charge on any atom is -0.294 e. The lowest BCUT2D eigenvalue weighted by molar-refractivity contribution is -0.384. The van der Waals surface area contributed by atoms with Gasteiger partial charge in [0.05, 0.1) is 4.92 Å². The van der Waals surface area contributed by atoms with E-state index in [2.05, 4.69) is 0 Å². The van der Waals surface area contributed by atoms with E-state index in [1.54, 1.807) is 18.2 Å². The molecule has 20 heavy (non-hydrogen) atoms. The smallest absolute Gasteiger partial charge is 0.269 e. The van der Waals surface area contributed by atoms with Crippen LogP contribution in [0.1, 0.15) is 11.1 Å². The van der Waals surface area contributed by atoms with Gasteiger partial charge in [0.2, 0.25) is 0 Å². The fourth-order valence-electron chi connectivity index (χ4n) is 1.75. The van der Waals surface area contributed by atoms with Crippen LogP contribution in [-0.2, 0) is 11.2 Å². The van der Waals surface area contributed by atoms with Crippen molar-refractivity contribution in [3.8, 4) is 0 Å². The van der Waals surface area contributed by atoms with Crippen molar-refractivity contribution in [1.82, 2.24) is 0 Å². The largest absolute Gasteiger partial charge is 0.294 e. The number of hydrogen-bond donors (Lipinski definition) is 0. The van der Waals surface area contributed by atoms with Gasteiger partial charge in [0.1, 0.15) is 0 Å². The molecule has 0 heterocycles. The number of nitrogens with zero attached hydrogens (tertiary/aromatic N) is 1. The van der Waals surface area contributed by atoms with Gasteiger partial charge in [-0.3, -0.25) is 14.9 Å². The van der Waals surface area contributed by atoms with Gasteiger partial charge in [-0.2, -0.15) is 0 Å². The molecule has 0 saturated heterocycles. The third-order valence-electron chi connectivity index (χ3n) is 2.79. The second kappa shape index (κ2) is 6.43. The molecule has 0 aliphatic heterocycles. The van der Waals surface area contributed by atoms with Crippen molar-refractivity contribution in [3.05, 3.63) is 81.9 Å². The molecule has 2 aromatic carbocycles. The summed E-state index contributed by atoms with van der Waals surface area (Å²) in [5.74, 6) is -0.00504. The van der Waals surface area contributed by atoms with E-state index < -0.39 is 4.92 Å². The highest BCUT2D eigenvalue weighted by atomic mass is 16.6. The number of allylic oxidation sites excluding steroid dienone is 1. The highest BCUT2D eigenvalue weighted by molar-refractivity contribution is 5.95. The molecule has 0 bridgehead atoms. The van der Waals surface area contributed by atoms with Crippen molar-refractivity contribution in [2.45, 2.75) is 6.42 Å². The Labute approximate surface area is 116 Å². The van der Waals surface area contributed by atoms with E-state index in [4.69, 9.17) is 0 Å². The van der Waals surface area contributed by atoms with Gasteiger partial charge in [-0.15, -0.1) is 0 Å². The van der Waals surface area contributed by atoms with Crippen LogP contribution in [-0.4, -0.2) is 10.7 Å². The summed E-state index contributed by atoms with van der Waals surface area (Å²) in [6.07, 6.45) is 3.51. The predicted octanol–water partition coefficient (Wildman–Crippen LogP) is 3.42. The molecule has 0 unspecified atom stereocenters. The molecule has 0 spiro atoms. The quantitative estimate of drug-likeness (QED) is 0.473. The zero-order valence-electron chi connectivity index (χ0n) is 10.7. The molecule has 0 saturated carbocycles. The fraction of sp³-hybridized carbons (Fsp3) is 0.0625. The van der Waals surface area contributed by atoms with Crippen LogP contribution in [0.15, 0.2) is 60.7 Å². The summed E-state index contributed by atoms with van der Waals surface area (Å²) in [5, 5.41) is 10.5. The second-order valence-corrected chi connectivity index (χ2v) is 4.31. The molecular weight excluding hydrogens is 254 g/mol. The lowest BCUT2D eigenvalue weighted by Crippen LogP contribution is -1.97. The summed E-state index contributed by atoms with van der Waals surface area (Å²) in [4.78, 5) is 21.8. The average Bonchev–Trinajstić information content (AvgIpc) is 2.46. The zero-order chi connectivity index (χ0) is 14.4. The van der Waals surface area contributed by atoms with Gasteiger partial charge >= 0.3 is 0 Å². The van der Waals surface area contributed by atoms with Crippen LogP contribution in [0.3, 0.4) is 0 Å². The maximum atomic E-state index is 11.8. The monoisotopic (exact) mass is 267 g/mol. The van der Waals surface area contributed by atoms with Gasteiger partial charge in [-0.1, -0.05) is 36.4 Å². The Morgan fingerprint density at radius 1 is 1.05 bits per heavy atom. The second-order valence-electron chi connectivity index (χ2n) is 4.31. The highest BCUT2D eigenvalue weighted by Crippen LogP contribution is 2.13. The van der Waals surface area contributed by atoms with E-state index in [0.717, 1.165) is 11.1 Å². The number of benzene rings is 2. The summed E-state index contributed by atoms with van der Waals surface area (Å²) in [6.45, 7) is 0. The standard InChI is InChI=1S/C16H13NO3/c18-16(12-14-4-2-1-3-5-14)11-8-13-6-9-15(10-7-13)17(19)20/h1-11H,12H2/b11-8-. The Morgan fingerprint density at radius 3 is 2.30 bits per heavy atom. The first-order valence-corrected chi connectivity index (χ1v) is 6.14. The zero-order valence-corrected chi connectivity index (χ0v) is 10.7. The first-order chi connectivity index (χ1) is 9.65. The minimum absolute atomic E-state index is 0.00504. The molecule has 0 atom stereocenters. The van der Waals surface area contributed by atoms with E-state index in [0.29, 0.717) is 6.42 Å². The van der Waals surface area contributed by atoms with Crippen molar-refractivity contribution in [1.29, 1.82) is 0 Å². The number of carbonyl (C=O) groups is 1. The summed E-state index contributed by atoms with van der Waals surface area (Å²) in [5.41, 5.74) is 1.76. The van der Waals surface area contributed by atoms with Crippen LogP contribution in [0.5, 0.6) is 0 Å². The molecule has 0 aromatic heterocycles. The van der Waals surface area contributed by atoms with Crippen molar-refractivity contribution < 1.29 is 9.72 Å². The molecule has 2 aromatic rings. The molecule has 2 rings (SSSR count). The number of ketones is 1. The molecule has 0 fully saturated rings. The SMILES string of the molecule is O=C(/C=C\c1ccc([N+](=O)[O-])cc1)Cc1ccccc1. The lowest BCUT2D eigenvalue weighted by atomic mass is 10.1. The van der Waals surface area contributed by atoms with Crippen molar-refractivity contribution in [3.63, 3.8) is 0 Å². The molecule has 4 heteroatoms. The van der Waals surface area contributed by atoms with Gasteiger partial charge in [-0.05, 0) is 29.3 Å². The first-order valence-electron chi connectivity index (χ1n) is 6.14. The summed E-state index contributed by atoms with van der Waals surface area (Å²) < 4.78 is 0. The van der Waals surface area contributed by atoms with Crippen LogP contribution in [0.4, 0.5) is 5.69 Å². The summed E-state index contributed by atoms with van der Waals surface area (Å²) >= 11 is 0. The summed E-state index contributed by atoms with van der Waals surface area (Å²) in [7, 11) is 0. The number of carbonyl (C=O) groups excluding carboxylic acids is 1. The van der Waals surface area contributed by atoms with Crippen LogP contribution in [0, 0.1) is 10.1 Å². The van der Waals surface area contributed by atoms with Crippen LogP contribution in [0.25, 0.3) is 6.08 Å². The maximum Gasteiger partial charge on any atom is 0.269 e. The molecule has 0 aliphatic carbocycles. The number of nitro benzene ring substituents is 1. The predicted molar refractivity (Wildman–Crippen MR) is 77.3 cm³/mol. The molecule has 0 aliphatic rings. The van der Waals surface area contributed by atoms with E-state index in [1.165, 1.54) is 18.2 Å². The van der Waals surface area contributed by atoms with Crippen LogP contribution in [0.2, 0.25) is 0 Å². The topological polar surface area (TPSA) is 60.2 Å². The fourth-order valence-corrected chi connectivity index (χ4v) is 1.75. The number of hydrogen-bond acceptors (Lipinski definition) is 3. The van der Waals surface area contributed by atoms with Crippen molar-refractivity contribution in [2.24, 2.45) is 0 Å². The maximum absolute atomic E-state index is 11.8. The van der Waals surface area contributed by atoms with Crippen molar-refractivity contribution >= 4 is 17.5 Å². The third-order valence-corrected chi connectivity index (χ3v) is 2.79. The van der Waals surface area contributed by atoms with Gasteiger partial charge in [0.15, 0.2) is 5.78 Å². The van der Waals surface area contributed by atoms with Gasteiger partial charge < -0.3 is 0 Å². The Balaban J connectivity index is 1.98. The molecule has 4 nitrogen and oxygen atoms in total. The van der Waals surface area contributed by atoms with E-state index >= 15 is 0 Å². The number of nitro groups is 1.